The lowest BCUT2D eigenvalue weighted by Gasteiger charge is -2.19. The number of carbonyl (C=O) groups is 2. The van der Waals surface area contributed by atoms with E-state index in [4.69, 9.17) is 5.11 Å². The molecule has 19 heavy (non-hydrogen) atoms. The van der Waals surface area contributed by atoms with Gasteiger partial charge in [0.2, 0.25) is 5.91 Å². The van der Waals surface area contributed by atoms with Crippen LogP contribution in [0.3, 0.4) is 0 Å². The van der Waals surface area contributed by atoms with E-state index >= 15 is 0 Å². The number of aromatic carboxylic acids is 1. The van der Waals surface area contributed by atoms with E-state index < -0.39 is 12.0 Å². The summed E-state index contributed by atoms with van der Waals surface area (Å²) in [5.41, 5.74) is 0.839. The topological polar surface area (TPSA) is 82.5 Å². The zero-order valence-electron chi connectivity index (χ0n) is 11.6. The molecule has 0 fully saturated rings. The van der Waals surface area contributed by atoms with Crippen molar-refractivity contribution in [3.05, 3.63) is 23.4 Å². The first-order valence-corrected chi connectivity index (χ1v) is 6.07. The van der Waals surface area contributed by atoms with Crippen LogP contribution in [-0.2, 0) is 11.2 Å². The van der Waals surface area contributed by atoms with Gasteiger partial charge in [-0.25, -0.2) is 9.78 Å². The highest BCUT2D eigenvalue weighted by molar-refractivity contribution is 5.89. The van der Waals surface area contributed by atoms with E-state index in [1.165, 1.54) is 17.0 Å². The predicted octanol–water partition coefficient (Wildman–Crippen LogP) is 1.23. The van der Waals surface area contributed by atoms with E-state index in [9.17, 15) is 9.59 Å². The summed E-state index contributed by atoms with van der Waals surface area (Å²) < 4.78 is 0. The number of aryl methyl sites for hydroxylation is 1. The molecule has 6 nitrogen and oxygen atoms in total. The quantitative estimate of drug-likeness (QED) is 0.836. The van der Waals surface area contributed by atoms with Crippen LogP contribution in [0.5, 0.6) is 0 Å². The van der Waals surface area contributed by atoms with Crippen LogP contribution in [0.2, 0.25) is 0 Å². The molecule has 1 amide bonds. The van der Waals surface area contributed by atoms with Crippen molar-refractivity contribution in [1.82, 2.24) is 9.88 Å². The Morgan fingerprint density at radius 3 is 2.53 bits per heavy atom. The summed E-state index contributed by atoms with van der Waals surface area (Å²) in [4.78, 5) is 28.5. The molecule has 1 heterocycles. The van der Waals surface area contributed by atoms with Gasteiger partial charge in [-0.05, 0) is 25.5 Å². The fourth-order valence-corrected chi connectivity index (χ4v) is 1.64. The number of pyridine rings is 1. The van der Waals surface area contributed by atoms with Crippen LogP contribution in [0.15, 0.2) is 12.1 Å². The maximum atomic E-state index is 11.7. The number of hydrogen-bond acceptors (Lipinski definition) is 4. The molecule has 0 saturated carbocycles. The molecular weight excluding hydrogens is 246 g/mol. The number of rotatable bonds is 5. The molecule has 0 bridgehead atoms. The molecule has 0 aliphatic rings. The second-order valence-corrected chi connectivity index (χ2v) is 4.49. The maximum Gasteiger partial charge on any atom is 0.335 e. The van der Waals surface area contributed by atoms with Crippen LogP contribution >= 0.6 is 0 Å². The number of nitrogens with one attached hydrogen (secondary N) is 1. The lowest BCUT2D eigenvalue weighted by molar-refractivity contribution is -0.129. The Kier molecular flexibility index (Phi) is 4.86. The lowest BCUT2D eigenvalue weighted by Crippen LogP contribution is -2.36. The Labute approximate surface area is 112 Å². The molecule has 6 heteroatoms. The van der Waals surface area contributed by atoms with Crippen molar-refractivity contribution in [3.8, 4) is 0 Å². The Morgan fingerprint density at radius 2 is 2.05 bits per heavy atom. The number of carboxylic acid groups (broad SMARTS) is 1. The second kappa shape index (κ2) is 6.17. The first-order chi connectivity index (χ1) is 8.85. The second-order valence-electron chi connectivity index (χ2n) is 4.49. The van der Waals surface area contributed by atoms with E-state index in [0.717, 1.165) is 0 Å². The van der Waals surface area contributed by atoms with E-state index in [2.05, 4.69) is 10.3 Å². The number of likely N-dealkylation sites (N-methyl/N-ethyl adjacent to an activating group) is 1. The third-order valence-corrected chi connectivity index (χ3v) is 2.66. The number of carbonyl (C=O) groups excluding carboxylic acids is 1. The minimum atomic E-state index is -1.01. The summed E-state index contributed by atoms with van der Waals surface area (Å²) in [6, 6.07) is 2.50. The average Bonchev–Trinajstić information content (AvgIpc) is 2.36. The van der Waals surface area contributed by atoms with Crippen molar-refractivity contribution >= 4 is 17.7 Å². The number of hydrogen-bond donors (Lipinski definition) is 2. The van der Waals surface area contributed by atoms with Gasteiger partial charge in [0.05, 0.1) is 5.56 Å². The van der Waals surface area contributed by atoms with Crippen LogP contribution in [-0.4, -0.2) is 47.0 Å². The average molecular weight is 265 g/mol. The Hall–Kier alpha value is -2.11. The third kappa shape index (κ3) is 3.94. The molecule has 0 aliphatic heterocycles. The Balaban J connectivity index is 2.97. The predicted molar refractivity (Wildman–Crippen MR) is 72.4 cm³/mol. The first kappa shape index (κ1) is 14.9. The highest BCUT2D eigenvalue weighted by Gasteiger charge is 2.16. The Bertz CT molecular complexity index is 486. The molecule has 1 unspecified atom stereocenters. The Morgan fingerprint density at radius 1 is 1.42 bits per heavy atom. The number of amides is 1. The minimum Gasteiger partial charge on any atom is -0.478 e. The van der Waals surface area contributed by atoms with Crippen LogP contribution < -0.4 is 5.32 Å². The zero-order chi connectivity index (χ0) is 14.6. The van der Waals surface area contributed by atoms with Crippen LogP contribution in [0.25, 0.3) is 0 Å². The van der Waals surface area contributed by atoms with Crippen molar-refractivity contribution in [2.75, 3.05) is 19.4 Å². The summed E-state index contributed by atoms with van der Waals surface area (Å²) >= 11 is 0. The van der Waals surface area contributed by atoms with E-state index in [0.29, 0.717) is 17.9 Å². The lowest BCUT2D eigenvalue weighted by atomic mass is 10.2. The summed E-state index contributed by atoms with van der Waals surface area (Å²) in [7, 11) is 3.33. The number of nitrogens with zero attached hydrogens (tertiary/aromatic N) is 2. The third-order valence-electron chi connectivity index (χ3n) is 2.66. The molecule has 1 rings (SSSR count). The largest absolute Gasteiger partial charge is 0.478 e. The summed E-state index contributed by atoms with van der Waals surface area (Å²) in [6.07, 6.45) is 0.631. The summed E-state index contributed by atoms with van der Waals surface area (Å²) in [6.45, 7) is 3.61. The van der Waals surface area contributed by atoms with Gasteiger partial charge in [-0.3, -0.25) is 4.79 Å². The zero-order valence-corrected chi connectivity index (χ0v) is 11.6. The van der Waals surface area contributed by atoms with Gasteiger partial charge < -0.3 is 15.3 Å². The van der Waals surface area contributed by atoms with E-state index in [1.807, 2.05) is 6.92 Å². The van der Waals surface area contributed by atoms with E-state index in [-0.39, 0.29) is 11.5 Å². The molecule has 104 valence electrons. The van der Waals surface area contributed by atoms with Gasteiger partial charge in [-0.15, -0.1) is 0 Å². The fraction of sp³-hybridized carbons (Fsp3) is 0.462. The molecule has 1 aromatic heterocycles. The molecule has 0 aromatic carbocycles. The van der Waals surface area contributed by atoms with Gasteiger partial charge in [0.1, 0.15) is 11.9 Å². The van der Waals surface area contributed by atoms with Crippen LogP contribution in [0.4, 0.5) is 5.82 Å². The summed E-state index contributed by atoms with van der Waals surface area (Å²) in [5.74, 6) is -0.702. The molecular formula is C13H19N3O3. The van der Waals surface area contributed by atoms with Crippen LogP contribution in [0.1, 0.15) is 29.9 Å². The van der Waals surface area contributed by atoms with Gasteiger partial charge in [0.25, 0.3) is 0 Å². The normalized spacial score (nSPS) is 11.8. The standard InChI is InChI=1S/C13H19N3O3/c1-5-10-6-9(13(18)19)7-11(15-10)14-8(2)12(17)16(3)4/h6-8H,5H2,1-4H3,(H,14,15)(H,18,19). The summed E-state index contributed by atoms with van der Waals surface area (Å²) in [5, 5.41) is 12.0. The van der Waals surface area contributed by atoms with Gasteiger partial charge in [-0.2, -0.15) is 0 Å². The number of carboxylic acids is 1. The monoisotopic (exact) mass is 265 g/mol. The smallest absolute Gasteiger partial charge is 0.335 e. The highest BCUT2D eigenvalue weighted by atomic mass is 16.4. The molecule has 0 saturated heterocycles. The van der Waals surface area contributed by atoms with Gasteiger partial charge in [0.15, 0.2) is 0 Å². The van der Waals surface area contributed by atoms with Gasteiger partial charge in [0, 0.05) is 19.8 Å². The van der Waals surface area contributed by atoms with Crippen molar-refractivity contribution in [2.45, 2.75) is 26.3 Å². The van der Waals surface area contributed by atoms with Crippen LogP contribution in [0, 0.1) is 0 Å². The molecule has 0 aliphatic carbocycles. The van der Waals surface area contributed by atoms with Crippen molar-refractivity contribution in [1.29, 1.82) is 0 Å². The molecule has 2 N–H and O–H groups in total. The first-order valence-electron chi connectivity index (χ1n) is 6.07. The van der Waals surface area contributed by atoms with E-state index in [1.54, 1.807) is 21.0 Å². The molecule has 0 spiro atoms. The fourth-order valence-electron chi connectivity index (χ4n) is 1.64. The number of aromatic nitrogens is 1. The molecule has 0 radical (unpaired) electrons. The molecule has 1 aromatic rings. The van der Waals surface area contributed by atoms with Crippen molar-refractivity contribution < 1.29 is 14.7 Å². The highest BCUT2D eigenvalue weighted by Crippen LogP contribution is 2.13. The molecule has 1 atom stereocenters. The maximum absolute atomic E-state index is 11.7. The van der Waals surface area contributed by atoms with Gasteiger partial charge >= 0.3 is 5.97 Å². The van der Waals surface area contributed by atoms with Crippen molar-refractivity contribution in [2.24, 2.45) is 0 Å². The SMILES string of the molecule is CCc1cc(C(=O)O)cc(NC(C)C(=O)N(C)C)n1. The minimum absolute atomic E-state index is 0.0967. The van der Waals surface area contributed by atoms with Gasteiger partial charge in [-0.1, -0.05) is 6.92 Å². The number of anilines is 1. The van der Waals surface area contributed by atoms with Crippen molar-refractivity contribution in [3.63, 3.8) is 0 Å².